The van der Waals surface area contributed by atoms with E-state index < -0.39 is 0 Å². The van der Waals surface area contributed by atoms with E-state index in [2.05, 4.69) is 68.3 Å². The summed E-state index contributed by atoms with van der Waals surface area (Å²) in [6.45, 7) is 11.2. The van der Waals surface area contributed by atoms with Crippen LogP contribution in [0.3, 0.4) is 0 Å². The number of thioether (sulfide) groups is 1. The van der Waals surface area contributed by atoms with Gasteiger partial charge in [0.15, 0.2) is 5.17 Å². The maximum absolute atomic E-state index is 4.65. The number of rotatable bonds is 5. The molecule has 2 nitrogen and oxygen atoms in total. The predicted octanol–water partition coefficient (Wildman–Crippen LogP) is 4.35. The summed E-state index contributed by atoms with van der Waals surface area (Å²) in [6.07, 6.45) is 0. The first kappa shape index (κ1) is 15.4. The van der Waals surface area contributed by atoms with Crippen molar-refractivity contribution >= 4 is 16.9 Å². The van der Waals surface area contributed by atoms with Crippen LogP contribution in [-0.4, -0.2) is 18.3 Å². The fraction of sp³-hybridized carbons (Fsp3) is 0.588. The van der Waals surface area contributed by atoms with Crippen molar-refractivity contribution in [2.45, 2.75) is 32.9 Å². The minimum absolute atomic E-state index is 0.482. The molecular formula is C17H26N2S. The molecular weight excluding hydrogens is 264 g/mol. The highest BCUT2D eigenvalue weighted by atomic mass is 32.2. The summed E-state index contributed by atoms with van der Waals surface area (Å²) in [7, 11) is 0. The lowest BCUT2D eigenvalue weighted by Crippen LogP contribution is -2.32. The van der Waals surface area contributed by atoms with Gasteiger partial charge in [-0.25, -0.2) is 0 Å². The molecule has 1 heterocycles. The molecule has 0 radical (unpaired) electrons. The molecule has 1 aliphatic heterocycles. The van der Waals surface area contributed by atoms with Crippen LogP contribution in [0.25, 0.3) is 0 Å². The van der Waals surface area contributed by atoms with Gasteiger partial charge in [0.2, 0.25) is 0 Å². The lowest BCUT2D eigenvalue weighted by Gasteiger charge is -2.25. The number of hydrogen-bond donors (Lipinski definition) is 1. The molecule has 0 saturated carbocycles. The van der Waals surface area contributed by atoms with E-state index in [0.717, 1.165) is 18.3 Å². The van der Waals surface area contributed by atoms with Crippen molar-refractivity contribution in [2.75, 3.05) is 13.1 Å². The second-order valence-corrected chi connectivity index (χ2v) is 7.39. The number of nitrogens with zero attached hydrogens (tertiary/aromatic N) is 1. The number of benzene rings is 1. The molecule has 1 atom stereocenters. The van der Waals surface area contributed by atoms with Crippen molar-refractivity contribution in [1.29, 1.82) is 0 Å². The third-order valence-electron chi connectivity index (χ3n) is 4.03. The van der Waals surface area contributed by atoms with Gasteiger partial charge < -0.3 is 5.32 Å². The normalized spacial score (nSPS) is 18.9. The molecule has 0 bridgehead atoms. The molecule has 1 aliphatic rings. The first-order chi connectivity index (χ1) is 9.58. The summed E-state index contributed by atoms with van der Waals surface area (Å²) in [5.74, 6) is 2.12. The first-order valence-corrected chi connectivity index (χ1v) is 8.45. The molecule has 0 spiro atoms. The van der Waals surface area contributed by atoms with E-state index in [9.17, 15) is 0 Å². The zero-order valence-electron chi connectivity index (χ0n) is 13.0. The molecule has 20 heavy (non-hydrogen) atoms. The zero-order chi connectivity index (χ0) is 14.5. The van der Waals surface area contributed by atoms with Crippen molar-refractivity contribution in [3.63, 3.8) is 0 Å². The fourth-order valence-electron chi connectivity index (χ4n) is 2.76. The van der Waals surface area contributed by atoms with Crippen LogP contribution in [0.2, 0.25) is 0 Å². The second-order valence-electron chi connectivity index (χ2n) is 6.20. The predicted molar refractivity (Wildman–Crippen MR) is 90.2 cm³/mol. The molecule has 0 aromatic heterocycles. The highest BCUT2D eigenvalue weighted by molar-refractivity contribution is 8.14. The second kappa shape index (κ2) is 7.16. The van der Waals surface area contributed by atoms with Gasteiger partial charge in [0.25, 0.3) is 0 Å². The van der Waals surface area contributed by atoms with Crippen LogP contribution < -0.4 is 5.32 Å². The highest BCUT2D eigenvalue weighted by Gasteiger charge is 2.23. The van der Waals surface area contributed by atoms with Crippen molar-refractivity contribution in [2.24, 2.45) is 22.7 Å². The molecule has 0 fully saturated rings. The van der Waals surface area contributed by atoms with E-state index in [1.807, 2.05) is 11.8 Å². The van der Waals surface area contributed by atoms with Gasteiger partial charge in [-0.3, -0.25) is 4.99 Å². The Hall–Kier alpha value is -0.960. The third-order valence-corrected chi connectivity index (χ3v) is 5.23. The Bertz CT molecular complexity index is 432. The molecule has 0 aliphatic carbocycles. The van der Waals surface area contributed by atoms with E-state index in [-0.39, 0.29) is 0 Å². The van der Waals surface area contributed by atoms with Gasteiger partial charge in [0, 0.05) is 6.54 Å². The summed E-state index contributed by atoms with van der Waals surface area (Å²) in [5, 5.41) is 5.15. The average Bonchev–Trinajstić information content (AvgIpc) is 2.88. The molecule has 110 valence electrons. The Morgan fingerprint density at radius 2 is 1.80 bits per heavy atom. The van der Waals surface area contributed by atoms with Crippen LogP contribution in [0.1, 0.15) is 38.5 Å². The Morgan fingerprint density at radius 3 is 2.40 bits per heavy atom. The van der Waals surface area contributed by atoms with Gasteiger partial charge in [-0.1, -0.05) is 69.8 Å². The molecule has 0 saturated heterocycles. The SMILES string of the molecule is CC(C)C(CNC1=NCC(c2ccccc2)S1)C(C)C. The molecule has 1 aromatic carbocycles. The summed E-state index contributed by atoms with van der Waals surface area (Å²) >= 11 is 1.87. The van der Waals surface area contributed by atoms with Crippen LogP contribution in [-0.2, 0) is 0 Å². The summed E-state index contributed by atoms with van der Waals surface area (Å²) in [4.78, 5) is 4.65. The standard InChI is InChI=1S/C17H26N2S/c1-12(2)15(13(3)4)10-18-17-19-11-16(20-17)14-8-6-5-7-9-14/h5-9,12-13,15-16H,10-11H2,1-4H3,(H,18,19). The maximum Gasteiger partial charge on any atom is 0.157 e. The van der Waals surface area contributed by atoms with Gasteiger partial charge in [0.1, 0.15) is 0 Å². The lowest BCUT2D eigenvalue weighted by molar-refractivity contribution is 0.288. The summed E-state index contributed by atoms with van der Waals surface area (Å²) < 4.78 is 0. The minimum atomic E-state index is 0.482. The van der Waals surface area contributed by atoms with Crippen LogP contribution in [0.15, 0.2) is 35.3 Å². The van der Waals surface area contributed by atoms with Gasteiger partial charge >= 0.3 is 0 Å². The molecule has 1 N–H and O–H groups in total. The average molecular weight is 290 g/mol. The molecule has 0 amide bonds. The quantitative estimate of drug-likeness (QED) is 0.872. The van der Waals surface area contributed by atoms with E-state index in [4.69, 9.17) is 0 Å². The zero-order valence-corrected chi connectivity index (χ0v) is 13.8. The fourth-order valence-corrected chi connectivity index (χ4v) is 3.79. The number of nitrogens with one attached hydrogen (secondary N) is 1. The summed E-state index contributed by atoms with van der Waals surface area (Å²) in [5.41, 5.74) is 1.38. The van der Waals surface area contributed by atoms with Crippen molar-refractivity contribution < 1.29 is 0 Å². The largest absolute Gasteiger partial charge is 0.365 e. The van der Waals surface area contributed by atoms with E-state index in [1.165, 1.54) is 5.56 Å². The summed E-state index contributed by atoms with van der Waals surface area (Å²) in [6, 6.07) is 10.7. The van der Waals surface area contributed by atoms with Crippen LogP contribution in [0.4, 0.5) is 0 Å². The van der Waals surface area contributed by atoms with Gasteiger partial charge in [-0.05, 0) is 23.3 Å². The topological polar surface area (TPSA) is 24.4 Å². The van der Waals surface area contributed by atoms with Crippen molar-refractivity contribution in [3.05, 3.63) is 35.9 Å². The van der Waals surface area contributed by atoms with Crippen LogP contribution >= 0.6 is 11.8 Å². The number of hydrogen-bond acceptors (Lipinski definition) is 3. The molecule has 3 heteroatoms. The Labute approximate surface area is 127 Å². The number of aliphatic imine (C=N–C) groups is 1. The Kier molecular flexibility index (Phi) is 5.53. The molecule has 2 rings (SSSR count). The molecule has 1 unspecified atom stereocenters. The van der Waals surface area contributed by atoms with E-state index in [1.54, 1.807) is 0 Å². The minimum Gasteiger partial charge on any atom is -0.365 e. The monoisotopic (exact) mass is 290 g/mol. The molecule has 1 aromatic rings. The highest BCUT2D eigenvalue weighted by Crippen LogP contribution is 2.34. The third kappa shape index (κ3) is 4.02. The van der Waals surface area contributed by atoms with E-state index >= 15 is 0 Å². The van der Waals surface area contributed by atoms with Crippen LogP contribution in [0, 0.1) is 17.8 Å². The van der Waals surface area contributed by atoms with E-state index in [0.29, 0.717) is 23.0 Å². The van der Waals surface area contributed by atoms with Crippen LogP contribution in [0.5, 0.6) is 0 Å². The van der Waals surface area contributed by atoms with Gasteiger partial charge in [-0.15, -0.1) is 0 Å². The van der Waals surface area contributed by atoms with Gasteiger partial charge in [-0.2, -0.15) is 0 Å². The smallest absolute Gasteiger partial charge is 0.157 e. The Morgan fingerprint density at radius 1 is 1.15 bits per heavy atom. The Balaban J connectivity index is 1.84. The van der Waals surface area contributed by atoms with Crippen molar-refractivity contribution in [3.8, 4) is 0 Å². The van der Waals surface area contributed by atoms with Gasteiger partial charge in [0.05, 0.1) is 11.8 Å². The maximum atomic E-state index is 4.65. The van der Waals surface area contributed by atoms with Crippen molar-refractivity contribution in [1.82, 2.24) is 5.32 Å². The lowest BCUT2D eigenvalue weighted by atomic mass is 9.86. The number of amidine groups is 1. The first-order valence-electron chi connectivity index (χ1n) is 7.58.